The maximum Gasteiger partial charge on any atom is 0.121 e. The summed E-state index contributed by atoms with van der Waals surface area (Å²) in [5, 5.41) is 0. The van der Waals surface area contributed by atoms with Crippen molar-refractivity contribution in [1.29, 1.82) is 0 Å². The van der Waals surface area contributed by atoms with Crippen molar-refractivity contribution >= 4 is 11.0 Å². The maximum atomic E-state index is 6.48. The highest BCUT2D eigenvalue weighted by atomic mass is 16.5. The van der Waals surface area contributed by atoms with E-state index in [-0.39, 0.29) is 5.54 Å². The van der Waals surface area contributed by atoms with Crippen LogP contribution in [0.5, 0.6) is 5.75 Å². The predicted molar refractivity (Wildman–Crippen MR) is 76.4 cm³/mol. The molecule has 3 N–H and O–H groups in total. The number of fused-ring (bicyclic) bond motifs is 1. The van der Waals surface area contributed by atoms with Gasteiger partial charge in [-0.05, 0) is 25.0 Å². The molecular formula is C15H21N3O. The number of hydrogen-bond donors (Lipinski definition) is 2. The van der Waals surface area contributed by atoms with Crippen molar-refractivity contribution in [2.75, 3.05) is 7.11 Å². The van der Waals surface area contributed by atoms with Crippen LogP contribution in [0, 0.1) is 0 Å². The summed E-state index contributed by atoms with van der Waals surface area (Å²) in [4.78, 5) is 8.01. The van der Waals surface area contributed by atoms with Gasteiger partial charge in [-0.25, -0.2) is 4.98 Å². The zero-order valence-corrected chi connectivity index (χ0v) is 11.4. The van der Waals surface area contributed by atoms with Crippen LogP contribution in [0.15, 0.2) is 18.2 Å². The zero-order valence-electron chi connectivity index (χ0n) is 11.4. The lowest BCUT2D eigenvalue weighted by molar-refractivity contribution is 0.290. The Morgan fingerprint density at radius 1 is 1.32 bits per heavy atom. The first kappa shape index (κ1) is 12.5. The van der Waals surface area contributed by atoms with Crippen molar-refractivity contribution in [1.82, 2.24) is 9.97 Å². The van der Waals surface area contributed by atoms with E-state index in [4.69, 9.17) is 10.5 Å². The number of aromatic amines is 1. The second-order valence-electron chi connectivity index (χ2n) is 5.67. The molecule has 1 heterocycles. The van der Waals surface area contributed by atoms with Crippen molar-refractivity contribution < 1.29 is 4.74 Å². The van der Waals surface area contributed by atoms with Gasteiger partial charge in [0.05, 0.1) is 18.1 Å². The van der Waals surface area contributed by atoms with Gasteiger partial charge in [0.2, 0.25) is 0 Å². The van der Waals surface area contributed by atoms with Crippen molar-refractivity contribution in [3.63, 3.8) is 0 Å². The fraction of sp³-hybridized carbons (Fsp3) is 0.533. The molecule has 1 aromatic carbocycles. The molecule has 2 aromatic rings. The third-order valence-electron chi connectivity index (χ3n) is 4.11. The van der Waals surface area contributed by atoms with E-state index < -0.39 is 0 Å². The van der Waals surface area contributed by atoms with E-state index >= 15 is 0 Å². The molecule has 4 heteroatoms. The molecule has 0 aliphatic heterocycles. The van der Waals surface area contributed by atoms with Gasteiger partial charge >= 0.3 is 0 Å². The quantitative estimate of drug-likeness (QED) is 0.890. The van der Waals surface area contributed by atoms with Crippen LogP contribution < -0.4 is 10.5 Å². The molecule has 0 radical (unpaired) electrons. The number of hydrogen-bond acceptors (Lipinski definition) is 3. The Bertz CT molecular complexity index is 570. The molecule has 0 bridgehead atoms. The first-order chi connectivity index (χ1) is 9.18. The van der Waals surface area contributed by atoms with Gasteiger partial charge < -0.3 is 15.5 Å². The Balaban J connectivity index is 1.84. The molecule has 0 atom stereocenters. The van der Waals surface area contributed by atoms with Crippen LogP contribution in [-0.2, 0) is 6.42 Å². The fourth-order valence-electron chi connectivity index (χ4n) is 3.02. The minimum absolute atomic E-state index is 0.0732. The van der Waals surface area contributed by atoms with E-state index in [0.29, 0.717) is 0 Å². The molecular weight excluding hydrogens is 238 g/mol. The lowest BCUT2D eigenvalue weighted by atomic mass is 9.80. The van der Waals surface area contributed by atoms with Crippen molar-refractivity contribution in [2.24, 2.45) is 5.73 Å². The van der Waals surface area contributed by atoms with Crippen LogP contribution >= 0.6 is 0 Å². The number of nitrogens with one attached hydrogen (secondary N) is 1. The second kappa shape index (κ2) is 4.85. The Labute approximate surface area is 113 Å². The summed E-state index contributed by atoms with van der Waals surface area (Å²) in [5.74, 6) is 1.84. The molecule has 1 fully saturated rings. The summed E-state index contributed by atoms with van der Waals surface area (Å²) in [6.45, 7) is 0. The molecule has 1 saturated carbocycles. The summed E-state index contributed by atoms with van der Waals surface area (Å²) in [6.07, 6.45) is 6.84. The average Bonchev–Trinajstić information content (AvgIpc) is 2.79. The lowest BCUT2D eigenvalue weighted by Crippen LogP contribution is -2.44. The van der Waals surface area contributed by atoms with E-state index in [1.54, 1.807) is 7.11 Å². The first-order valence-corrected chi connectivity index (χ1v) is 7.00. The number of ether oxygens (including phenoxy) is 1. The molecule has 1 aliphatic carbocycles. The van der Waals surface area contributed by atoms with E-state index in [0.717, 1.165) is 41.9 Å². The number of H-pyrrole nitrogens is 1. The normalized spacial score (nSPS) is 18.6. The van der Waals surface area contributed by atoms with Crippen LogP contribution in [0.3, 0.4) is 0 Å². The molecule has 4 nitrogen and oxygen atoms in total. The highest BCUT2D eigenvalue weighted by molar-refractivity contribution is 5.76. The molecule has 0 spiro atoms. The maximum absolute atomic E-state index is 6.48. The number of methoxy groups -OCH3 is 1. The standard InChI is InChI=1S/C15H21N3O/c1-19-11-5-6-12-13(9-11)18-14(17-12)10-15(16)7-3-2-4-8-15/h5-6,9H,2-4,7-8,10,16H2,1H3,(H,17,18). The highest BCUT2D eigenvalue weighted by Crippen LogP contribution is 2.29. The van der Waals surface area contributed by atoms with E-state index in [9.17, 15) is 0 Å². The monoisotopic (exact) mass is 259 g/mol. The minimum Gasteiger partial charge on any atom is -0.497 e. The molecule has 3 rings (SSSR count). The Hall–Kier alpha value is -1.55. The number of aromatic nitrogens is 2. The van der Waals surface area contributed by atoms with Gasteiger partial charge in [-0.1, -0.05) is 19.3 Å². The second-order valence-corrected chi connectivity index (χ2v) is 5.67. The summed E-state index contributed by atoms with van der Waals surface area (Å²) >= 11 is 0. The molecule has 102 valence electrons. The van der Waals surface area contributed by atoms with Gasteiger partial charge in [0.25, 0.3) is 0 Å². The van der Waals surface area contributed by atoms with Crippen LogP contribution in [0.25, 0.3) is 11.0 Å². The summed E-state index contributed by atoms with van der Waals surface area (Å²) in [5.41, 5.74) is 8.41. The Kier molecular flexibility index (Phi) is 3.19. The van der Waals surface area contributed by atoms with Gasteiger partial charge in [-0.3, -0.25) is 0 Å². The smallest absolute Gasteiger partial charge is 0.121 e. The number of imidazole rings is 1. The Morgan fingerprint density at radius 3 is 2.84 bits per heavy atom. The number of nitrogens with zero attached hydrogens (tertiary/aromatic N) is 1. The van der Waals surface area contributed by atoms with Crippen LogP contribution in [0.2, 0.25) is 0 Å². The molecule has 1 aliphatic rings. The predicted octanol–water partition coefficient (Wildman–Crippen LogP) is 2.78. The van der Waals surface area contributed by atoms with E-state index in [2.05, 4.69) is 9.97 Å². The third-order valence-corrected chi connectivity index (χ3v) is 4.11. The SMILES string of the molecule is COc1ccc2nc(CC3(N)CCCCC3)[nH]c2c1. The highest BCUT2D eigenvalue weighted by Gasteiger charge is 2.28. The van der Waals surface area contributed by atoms with Gasteiger partial charge in [-0.15, -0.1) is 0 Å². The van der Waals surface area contributed by atoms with Gasteiger partial charge in [0.15, 0.2) is 0 Å². The van der Waals surface area contributed by atoms with E-state index in [1.807, 2.05) is 18.2 Å². The fourth-order valence-corrected chi connectivity index (χ4v) is 3.02. The van der Waals surface area contributed by atoms with Crippen molar-refractivity contribution in [3.05, 3.63) is 24.0 Å². The summed E-state index contributed by atoms with van der Waals surface area (Å²) in [6, 6.07) is 5.90. The molecule has 0 amide bonds. The van der Waals surface area contributed by atoms with Crippen LogP contribution in [0.1, 0.15) is 37.9 Å². The molecule has 19 heavy (non-hydrogen) atoms. The van der Waals surface area contributed by atoms with E-state index in [1.165, 1.54) is 19.3 Å². The molecule has 1 aromatic heterocycles. The lowest BCUT2D eigenvalue weighted by Gasteiger charge is -2.32. The third kappa shape index (κ3) is 2.59. The zero-order chi connectivity index (χ0) is 13.3. The van der Waals surface area contributed by atoms with Crippen molar-refractivity contribution in [3.8, 4) is 5.75 Å². The number of nitrogens with two attached hydrogens (primary N) is 1. The van der Waals surface area contributed by atoms with Gasteiger partial charge in [-0.2, -0.15) is 0 Å². The van der Waals surface area contributed by atoms with Crippen molar-refractivity contribution in [2.45, 2.75) is 44.1 Å². The average molecular weight is 259 g/mol. The molecule has 0 unspecified atom stereocenters. The topological polar surface area (TPSA) is 63.9 Å². The van der Waals surface area contributed by atoms with Gasteiger partial charge in [0, 0.05) is 18.0 Å². The molecule has 0 saturated heterocycles. The number of benzene rings is 1. The summed E-state index contributed by atoms with van der Waals surface area (Å²) in [7, 11) is 1.68. The van der Waals surface area contributed by atoms with Crippen LogP contribution in [0.4, 0.5) is 0 Å². The minimum atomic E-state index is -0.0732. The largest absolute Gasteiger partial charge is 0.497 e. The van der Waals surface area contributed by atoms with Gasteiger partial charge in [0.1, 0.15) is 11.6 Å². The summed E-state index contributed by atoms with van der Waals surface area (Å²) < 4.78 is 5.23. The van der Waals surface area contributed by atoms with Crippen LogP contribution in [-0.4, -0.2) is 22.6 Å². The number of rotatable bonds is 3. The Morgan fingerprint density at radius 2 is 2.11 bits per heavy atom. The first-order valence-electron chi connectivity index (χ1n) is 7.00.